The molecule has 7 heteroatoms. The van der Waals surface area contributed by atoms with Gasteiger partial charge in [-0.15, -0.1) is 0 Å². The molecular weight excluding hydrogens is 340 g/mol. The molecule has 0 heterocycles. The molecule has 0 unspecified atom stereocenters. The first-order valence-corrected chi connectivity index (χ1v) is 9.55. The summed E-state index contributed by atoms with van der Waals surface area (Å²) in [5.74, 6) is 0.307. The molecule has 0 bridgehead atoms. The Balaban J connectivity index is 1.99. The monoisotopic (exact) mass is 362 g/mol. The molecular formula is C18H22N2O4S. The number of carbonyl (C=O) groups excluding carboxylic acids is 1. The van der Waals surface area contributed by atoms with Gasteiger partial charge in [0.2, 0.25) is 10.0 Å². The highest BCUT2D eigenvalue weighted by atomic mass is 32.2. The first-order chi connectivity index (χ1) is 11.7. The molecule has 0 saturated carbocycles. The number of benzene rings is 2. The van der Waals surface area contributed by atoms with E-state index < -0.39 is 10.0 Å². The maximum absolute atomic E-state index is 12.0. The third kappa shape index (κ3) is 5.22. The lowest BCUT2D eigenvalue weighted by molar-refractivity contribution is -0.118. The Kier molecular flexibility index (Phi) is 5.69. The fourth-order valence-electron chi connectivity index (χ4n) is 2.12. The molecule has 0 atom stereocenters. The zero-order chi connectivity index (χ0) is 18.6. The second-order valence-corrected chi connectivity index (χ2v) is 7.88. The number of nitrogens with one attached hydrogen (secondary N) is 1. The van der Waals surface area contributed by atoms with Crippen molar-refractivity contribution in [3.63, 3.8) is 0 Å². The first-order valence-electron chi connectivity index (χ1n) is 7.70. The molecule has 2 aromatic rings. The van der Waals surface area contributed by atoms with Crippen molar-refractivity contribution in [2.75, 3.05) is 29.5 Å². The van der Waals surface area contributed by atoms with Crippen molar-refractivity contribution in [1.29, 1.82) is 0 Å². The van der Waals surface area contributed by atoms with Crippen LogP contribution in [-0.2, 0) is 14.8 Å². The molecule has 1 amide bonds. The van der Waals surface area contributed by atoms with Crippen LogP contribution in [0.1, 0.15) is 11.1 Å². The van der Waals surface area contributed by atoms with Crippen LogP contribution >= 0.6 is 0 Å². The Morgan fingerprint density at radius 2 is 1.84 bits per heavy atom. The van der Waals surface area contributed by atoms with Crippen molar-refractivity contribution < 1.29 is 17.9 Å². The van der Waals surface area contributed by atoms with Crippen molar-refractivity contribution in [1.82, 2.24) is 0 Å². The maximum Gasteiger partial charge on any atom is 0.262 e. The average Bonchev–Trinajstić information content (AvgIpc) is 2.54. The van der Waals surface area contributed by atoms with Gasteiger partial charge in [0.15, 0.2) is 6.61 Å². The van der Waals surface area contributed by atoms with Crippen LogP contribution in [0.15, 0.2) is 42.5 Å². The summed E-state index contributed by atoms with van der Waals surface area (Å²) in [5.41, 5.74) is 3.22. The Hall–Kier alpha value is -2.54. The van der Waals surface area contributed by atoms with Crippen molar-refractivity contribution in [3.05, 3.63) is 53.6 Å². The molecule has 2 aromatic carbocycles. The molecule has 0 radical (unpaired) electrons. The fraction of sp³-hybridized carbons (Fsp3) is 0.278. The van der Waals surface area contributed by atoms with Gasteiger partial charge in [-0.2, -0.15) is 0 Å². The summed E-state index contributed by atoms with van der Waals surface area (Å²) in [5, 5.41) is 2.70. The number of anilines is 2. The fourth-order valence-corrected chi connectivity index (χ4v) is 2.62. The molecule has 0 aromatic heterocycles. The van der Waals surface area contributed by atoms with Gasteiger partial charge in [-0.3, -0.25) is 9.10 Å². The molecule has 134 valence electrons. The highest BCUT2D eigenvalue weighted by Crippen LogP contribution is 2.20. The van der Waals surface area contributed by atoms with E-state index in [1.165, 1.54) is 7.05 Å². The standard InChI is InChI=1S/C18H22N2O4S/c1-13-8-9-17(10-14(13)2)24-12-18(21)19-15-6-5-7-16(11-15)20(3)25(4,22)23/h5-11H,12H2,1-4H3,(H,19,21). The van der Waals surface area contributed by atoms with E-state index in [9.17, 15) is 13.2 Å². The molecule has 2 rings (SSSR count). The van der Waals surface area contributed by atoms with Crippen molar-refractivity contribution in [2.24, 2.45) is 0 Å². The summed E-state index contributed by atoms with van der Waals surface area (Å²) in [6.07, 6.45) is 1.12. The normalized spacial score (nSPS) is 11.0. The summed E-state index contributed by atoms with van der Waals surface area (Å²) < 4.78 is 29.8. The number of ether oxygens (including phenoxy) is 1. The zero-order valence-corrected chi connectivity index (χ0v) is 15.6. The summed E-state index contributed by atoms with van der Waals surface area (Å²) in [4.78, 5) is 12.0. The molecule has 0 fully saturated rings. The summed E-state index contributed by atoms with van der Waals surface area (Å²) in [6.45, 7) is 3.85. The van der Waals surface area contributed by atoms with Gasteiger partial charge in [0, 0.05) is 12.7 Å². The smallest absolute Gasteiger partial charge is 0.262 e. The van der Waals surface area contributed by atoms with Gasteiger partial charge >= 0.3 is 0 Å². The highest BCUT2D eigenvalue weighted by molar-refractivity contribution is 7.92. The number of aryl methyl sites for hydroxylation is 2. The van der Waals surface area contributed by atoms with E-state index in [-0.39, 0.29) is 12.5 Å². The van der Waals surface area contributed by atoms with Crippen LogP contribution in [0.3, 0.4) is 0 Å². The van der Waals surface area contributed by atoms with Crippen molar-refractivity contribution in [3.8, 4) is 5.75 Å². The van der Waals surface area contributed by atoms with Gasteiger partial charge in [0.05, 0.1) is 11.9 Å². The minimum absolute atomic E-state index is 0.130. The van der Waals surface area contributed by atoms with Crippen LogP contribution in [0.4, 0.5) is 11.4 Å². The third-order valence-corrected chi connectivity index (χ3v) is 5.05. The summed E-state index contributed by atoms with van der Waals surface area (Å²) >= 11 is 0. The van der Waals surface area contributed by atoms with Crippen LogP contribution < -0.4 is 14.4 Å². The van der Waals surface area contributed by atoms with E-state index >= 15 is 0 Å². The van der Waals surface area contributed by atoms with E-state index in [1.807, 2.05) is 32.0 Å². The minimum atomic E-state index is -3.36. The lowest BCUT2D eigenvalue weighted by Gasteiger charge is -2.17. The second-order valence-electron chi connectivity index (χ2n) is 5.86. The summed E-state index contributed by atoms with van der Waals surface area (Å²) in [6, 6.07) is 12.2. The lowest BCUT2D eigenvalue weighted by Crippen LogP contribution is -2.25. The minimum Gasteiger partial charge on any atom is -0.484 e. The number of hydrogen-bond donors (Lipinski definition) is 1. The zero-order valence-electron chi connectivity index (χ0n) is 14.7. The van der Waals surface area contributed by atoms with Crippen LogP contribution in [0.25, 0.3) is 0 Å². The van der Waals surface area contributed by atoms with Crippen LogP contribution in [0, 0.1) is 13.8 Å². The van der Waals surface area contributed by atoms with Gasteiger partial charge in [-0.1, -0.05) is 12.1 Å². The van der Waals surface area contributed by atoms with Gasteiger partial charge in [0.1, 0.15) is 5.75 Å². The van der Waals surface area contributed by atoms with Gasteiger partial charge in [-0.05, 0) is 55.3 Å². The van der Waals surface area contributed by atoms with Crippen molar-refractivity contribution >= 4 is 27.3 Å². The second kappa shape index (κ2) is 7.57. The van der Waals surface area contributed by atoms with Gasteiger partial charge in [-0.25, -0.2) is 8.42 Å². The van der Waals surface area contributed by atoms with Crippen LogP contribution in [0.5, 0.6) is 5.75 Å². The molecule has 1 N–H and O–H groups in total. The van der Waals surface area contributed by atoms with Gasteiger partial charge in [0.25, 0.3) is 5.91 Å². The number of rotatable bonds is 6. The summed E-state index contributed by atoms with van der Waals surface area (Å²) in [7, 11) is -1.90. The Morgan fingerprint density at radius 3 is 2.48 bits per heavy atom. The number of nitrogens with zero attached hydrogens (tertiary/aromatic N) is 1. The topological polar surface area (TPSA) is 75.7 Å². The highest BCUT2D eigenvalue weighted by Gasteiger charge is 2.12. The SMILES string of the molecule is Cc1ccc(OCC(=O)Nc2cccc(N(C)S(C)(=O)=O)c2)cc1C. The molecule has 0 aliphatic rings. The quantitative estimate of drug-likeness (QED) is 0.857. The molecule has 0 aliphatic carbocycles. The molecule has 25 heavy (non-hydrogen) atoms. The number of hydrogen-bond acceptors (Lipinski definition) is 4. The van der Waals surface area contributed by atoms with Crippen LogP contribution in [-0.4, -0.2) is 34.2 Å². The van der Waals surface area contributed by atoms with E-state index in [2.05, 4.69) is 5.32 Å². The Bertz CT molecular complexity index is 878. The van der Waals surface area contributed by atoms with E-state index in [0.29, 0.717) is 17.1 Å². The molecule has 0 aliphatic heterocycles. The largest absolute Gasteiger partial charge is 0.484 e. The number of sulfonamides is 1. The molecule has 0 spiro atoms. The Morgan fingerprint density at radius 1 is 1.12 bits per heavy atom. The predicted molar refractivity (Wildman–Crippen MR) is 99.7 cm³/mol. The average molecular weight is 362 g/mol. The molecule has 0 saturated heterocycles. The third-order valence-electron chi connectivity index (χ3n) is 3.84. The van der Waals surface area contributed by atoms with E-state index in [0.717, 1.165) is 21.7 Å². The maximum atomic E-state index is 12.0. The predicted octanol–water partition coefficient (Wildman–Crippen LogP) is 2.72. The number of amides is 1. The Labute approximate surface area is 148 Å². The first kappa shape index (κ1) is 18.8. The van der Waals surface area contributed by atoms with E-state index in [1.54, 1.807) is 24.3 Å². The van der Waals surface area contributed by atoms with Crippen LogP contribution in [0.2, 0.25) is 0 Å². The van der Waals surface area contributed by atoms with Gasteiger partial charge < -0.3 is 10.1 Å². The van der Waals surface area contributed by atoms with Crippen molar-refractivity contribution in [2.45, 2.75) is 13.8 Å². The molecule has 6 nitrogen and oxygen atoms in total. The lowest BCUT2D eigenvalue weighted by atomic mass is 10.1. The van der Waals surface area contributed by atoms with E-state index in [4.69, 9.17) is 4.74 Å². The number of carbonyl (C=O) groups is 1.